The Kier molecular flexibility index (Phi) is 6.03. The largest absolute Gasteiger partial charge is 0.462 e. The van der Waals surface area contributed by atoms with Crippen LogP contribution < -0.4 is 5.32 Å². The Labute approximate surface area is 170 Å². The van der Waals surface area contributed by atoms with Crippen LogP contribution in [0.3, 0.4) is 0 Å². The summed E-state index contributed by atoms with van der Waals surface area (Å²) >= 11 is 1.27. The van der Waals surface area contributed by atoms with Crippen molar-refractivity contribution >= 4 is 33.9 Å². The van der Waals surface area contributed by atoms with Crippen LogP contribution in [-0.2, 0) is 16.1 Å². The van der Waals surface area contributed by atoms with Gasteiger partial charge in [0.15, 0.2) is 0 Å². The van der Waals surface area contributed by atoms with E-state index in [0.29, 0.717) is 16.1 Å². The number of benzene rings is 1. The molecule has 0 spiro atoms. The van der Waals surface area contributed by atoms with Gasteiger partial charge in [-0.3, -0.25) is 19.6 Å². The van der Waals surface area contributed by atoms with Gasteiger partial charge < -0.3 is 10.1 Å². The standard InChI is InChI=1S/C19H18N4O5S/c1-3-28-19(25)17-16(13-7-5-4-6-8-13)12(2)29-18(17)21-15(24)11-22-10-14(9-20-22)23(26)27/h4-10H,3,11H2,1-2H3,(H,21,24). The second kappa shape index (κ2) is 8.65. The van der Waals surface area contributed by atoms with Crippen molar-refractivity contribution in [3.8, 4) is 11.1 Å². The van der Waals surface area contributed by atoms with Crippen molar-refractivity contribution in [2.45, 2.75) is 20.4 Å². The molecule has 10 heteroatoms. The molecule has 2 aromatic heterocycles. The molecule has 0 aliphatic heterocycles. The summed E-state index contributed by atoms with van der Waals surface area (Å²) in [5.41, 5.74) is 1.63. The van der Waals surface area contributed by atoms with Gasteiger partial charge in [-0.1, -0.05) is 30.3 Å². The molecule has 1 N–H and O–H groups in total. The molecule has 1 aromatic carbocycles. The predicted molar refractivity (Wildman–Crippen MR) is 108 cm³/mol. The first-order valence-electron chi connectivity index (χ1n) is 8.73. The Morgan fingerprint density at radius 2 is 2.03 bits per heavy atom. The van der Waals surface area contributed by atoms with Gasteiger partial charge in [0, 0.05) is 10.4 Å². The smallest absolute Gasteiger partial charge is 0.341 e. The van der Waals surface area contributed by atoms with Crippen molar-refractivity contribution in [2.24, 2.45) is 0 Å². The molecule has 0 radical (unpaired) electrons. The minimum atomic E-state index is -0.588. The first-order chi connectivity index (χ1) is 13.9. The number of esters is 1. The summed E-state index contributed by atoms with van der Waals surface area (Å²) in [6.07, 6.45) is 2.24. The number of rotatable bonds is 7. The first-order valence-corrected chi connectivity index (χ1v) is 9.55. The normalized spacial score (nSPS) is 10.6. The lowest BCUT2D eigenvalue weighted by molar-refractivity contribution is -0.385. The Balaban J connectivity index is 1.90. The molecular formula is C19H18N4O5S. The molecule has 9 nitrogen and oxygen atoms in total. The number of ether oxygens (including phenoxy) is 1. The Hall–Kier alpha value is -3.53. The number of carbonyl (C=O) groups excluding carboxylic acids is 2. The van der Waals surface area contributed by atoms with Crippen LogP contribution in [0.25, 0.3) is 11.1 Å². The SMILES string of the molecule is CCOC(=O)c1c(NC(=O)Cn2cc([N+](=O)[O-])cn2)sc(C)c1-c1ccccc1. The van der Waals surface area contributed by atoms with Crippen molar-refractivity contribution in [1.29, 1.82) is 0 Å². The van der Waals surface area contributed by atoms with E-state index in [0.717, 1.165) is 21.3 Å². The average Bonchev–Trinajstić information content (AvgIpc) is 3.27. The first kappa shape index (κ1) is 20.2. The third-order valence-corrected chi connectivity index (χ3v) is 5.04. The maximum atomic E-state index is 12.6. The summed E-state index contributed by atoms with van der Waals surface area (Å²) in [7, 11) is 0. The van der Waals surface area contributed by atoms with Gasteiger partial charge in [0.2, 0.25) is 5.91 Å². The number of hydrogen-bond acceptors (Lipinski definition) is 7. The van der Waals surface area contributed by atoms with Crippen molar-refractivity contribution < 1.29 is 19.2 Å². The zero-order valence-corrected chi connectivity index (χ0v) is 16.6. The molecule has 0 bridgehead atoms. The van der Waals surface area contributed by atoms with Gasteiger partial charge in [0.05, 0.1) is 11.5 Å². The maximum Gasteiger partial charge on any atom is 0.341 e. The van der Waals surface area contributed by atoms with E-state index < -0.39 is 16.8 Å². The van der Waals surface area contributed by atoms with Gasteiger partial charge in [0.25, 0.3) is 0 Å². The van der Waals surface area contributed by atoms with E-state index in [1.807, 2.05) is 37.3 Å². The lowest BCUT2D eigenvalue weighted by atomic mass is 10.0. The molecule has 0 saturated carbocycles. The lowest BCUT2D eigenvalue weighted by Gasteiger charge is -2.09. The molecule has 0 fully saturated rings. The van der Waals surface area contributed by atoms with Crippen molar-refractivity contribution in [2.75, 3.05) is 11.9 Å². The fourth-order valence-corrected chi connectivity index (χ4v) is 3.91. The highest BCUT2D eigenvalue weighted by molar-refractivity contribution is 7.17. The van der Waals surface area contributed by atoms with E-state index in [2.05, 4.69) is 10.4 Å². The lowest BCUT2D eigenvalue weighted by Crippen LogP contribution is -2.20. The highest BCUT2D eigenvalue weighted by Gasteiger charge is 2.25. The molecule has 3 rings (SSSR count). The Morgan fingerprint density at radius 1 is 1.31 bits per heavy atom. The van der Waals surface area contributed by atoms with E-state index in [9.17, 15) is 19.7 Å². The Bertz CT molecular complexity index is 1060. The number of nitrogens with one attached hydrogen (secondary N) is 1. The topological polar surface area (TPSA) is 116 Å². The monoisotopic (exact) mass is 414 g/mol. The van der Waals surface area contributed by atoms with Crippen LogP contribution in [0.4, 0.5) is 10.7 Å². The number of thiophene rings is 1. The van der Waals surface area contributed by atoms with Crippen molar-refractivity contribution in [3.63, 3.8) is 0 Å². The second-order valence-electron chi connectivity index (χ2n) is 6.03. The average molecular weight is 414 g/mol. The van der Waals surface area contributed by atoms with Crippen LogP contribution in [0, 0.1) is 17.0 Å². The molecule has 0 atom stereocenters. The van der Waals surface area contributed by atoms with Gasteiger partial charge >= 0.3 is 11.7 Å². The molecule has 0 saturated heterocycles. The molecule has 2 heterocycles. The third-order valence-electron chi connectivity index (χ3n) is 4.02. The second-order valence-corrected chi connectivity index (χ2v) is 7.25. The molecule has 0 aliphatic rings. The Morgan fingerprint density at radius 3 is 2.66 bits per heavy atom. The number of aromatic nitrogens is 2. The minimum Gasteiger partial charge on any atom is -0.462 e. The van der Waals surface area contributed by atoms with Crippen LogP contribution in [-0.4, -0.2) is 33.2 Å². The summed E-state index contributed by atoms with van der Waals surface area (Å²) in [6.45, 7) is 3.55. The molecule has 3 aromatic rings. The van der Waals surface area contributed by atoms with E-state index in [1.165, 1.54) is 17.5 Å². The number of nitrogens with zero attached hydrogens (tertiary/aromatic N) is 3. The molecule has 0 unspecified atom stereocenters. The van der Waals surface area contributed by atoms with Crippen molar-refractivity contribution in [3.05, 3.63) is 63.3 Å². The highest BCUT2D eigenvalue weighted by atomic mass is 32.1. The molecular weight excluding hydrogens is 396 g/mol. The quantitative estimate of drug-likeness (QED) is 0.358. The summed E-state index contributed by atoms with van der Waals surface area (Å²) in [5, 5.41) is 17.6. The number of carbonyl (C=O) groups is 2. The summed E-state index contributed by atoms with van der Waals surface area (Å²) in [4.78, 5) is 36.1. The van der Waals surface area contributed by atoms with Gasteiger partial charge in [-0.05, 0) is 19.4 Å². The number of hydrogen-bond donors (Lipinski definition) is 1. The van der Waals surface area contributed by atoms with Gasteiger partial charge in [-0.15, -0.1) is 11.3 Å². The summed E-state index contributed by atoms with van der Waals surface area (Å²) in [5.74, 6) is -0.991. The van der Waals surface area contributed by atoms with Gasteiger partial charge in [-0.2, -0.15) is 5.10 Å². The number of nitro groups is 1. The third kappa shape index (κ3) is 4.49. The van der Waals surface area contributed by atoms with E-state index in [1.54, 1.807) is 6.92 Å². The molecule has 150 valence electrons. The summed E-state index contributed by atoms with van der Waals surface area (Å²) in [6, 6.07) is 9.37. The fraction of sp³-hybridized carbons (Fsp3) is 0.211. The fourth-order valence-electron chi connectivity index (χ4n) is 2.83. The predicted octanol–water partition coefficient (Wildman–Crippen LogP) is 3.64. The number of aryl methyl sites for hydroxylation is 1. The number of anilines is 1. The molecule has 1 amide bonds. The minimum absolute atomic E-state index is 0.201. The van der Waals surface area contributed by atoms with E-state index >= 15 is 0 Å². The molecule has 29 heavy (non-hydrogen) atoms. The zero-order valence-electron chi connectivity index (χ0n) is 15.7. The molecule has 0 aliphatic carbocycles. The number of amides is 1. The van der Waals surface area contributed by atoms with E-state index in [4.69, 9.17) is 4.74 Å². The van der Waals surface area contributed by atoms with Crippen molar-refractivity contribution in [1.82, 2.24) is 9.78 Å². The van der Waals surface area contributed by atoms with Crippen LogP contribution in [0.1, 0.15) is 22.2 Å². The van der Waals surface area contributed by atoms with Gasteiger partial charge in [-0.25, -0.2) is 4.79 Å². The highest BCUT2D eigenvalue weighted by Crippen LogP contribution is 2.40. The van der Waals surface area contributed by atoms with Crippen LogP contribution in [0.5, 0.6) is 0 Å². The van der Waals surface area contributed by atoms with E-state index in [-0.39, 0.29) is 18.8 Å². The van der Waals surface area contributed by atoms with Crippen LogP contribution in [0.15, 0.2) is 42.7 Å². The van der Waals surface area contributed by atoms with Crippen LogP contribution >= 0.6 is 11.3 Å². The van der Waals surface area contributed by atoms with Crippen LogP contribution in [0.2, 0.25) is 0 Å². The zero-order chi connectivity index (χ0) is 21.0. The van der Waals surface area contributed by atoms with Gasteiger partial charge in [0.1, 0.15) is 29.5 Å². The summed E-state index contributed by atoms with van der Waals surface area (Å²) < 4.78 is 6.36. The maximum absolute atomic E-state index is 12.6.